The van der Waals surface area contributed by atoms with Crippen molar-refractivity contribution in [3.8, 4) is 0 Å². The Morgan fingerprint density at radius 3 is 2.71 bits per heavy atom. The summed E-state index contributed by atoms with van der Waals surface area (Å²) in [6.07, 6.45) is 0.878. The lowest BCUT2D eigenvalue weighted by Crippen LogP contribution is -2.07. The SMILES string of the molecule is Cc1ccc(F)c(Br)c1C(C)CCN. The molecule has 0 aliphatic rings. The molecule has 0 aliphatic heterocycles. The van der Waals surface area contributed by atoms with Gasteiger partial charge in [-0.2, -0.15) is 0 Å². The van der Waals surface area contributed by atoms with E-state index in [0.29, 0.717) is 16.9 Å². The molecule has 0 saturated carbocycles. The van der Waals surface area contributed by atoms with Crippen LogP contribution in [-0.2, 0) is 0 Å². The number of hydrogen-bond acceptors (Lipinski definition) is 1. The fourth-order valence-corrected chi connectivity index (χ4v) is 2.50. The second-order valence-electron chi connectivity index (χ2n) is 3.57. The average molecular weight is 260 g/mol. The standard InChI is InChI=1S/C11H15BrFN/c1-7-3-4-9(13)11(12)10(7)8(2)5-6-14/h3-4,8H,5-6,14H2,1-2H3. The number of halogens is 2. The van der Waals surface area contributed by atoms with Crippen molar-refractivity contribution in [1.29, 1.82) is 0 Å². The highest BCUT2D eigenvalue weighted by Crippen LogP contribution is 2.31. The first-order valence-electron chi connectivity index (χ1n) is 4.72. The summed E-state index contributed by atoms with van der Waals surface area (Å²) >= 11 is 3.29. The van der Waals surface area contributed by atoms with Crippen LogP contribution in [0, 0.1) is 12.7 Å². The molecule has 0 saturated heterocycles. The average Bonchev–Trinajstić information content (AvgIpc) is 2.13. The first-order chi connectivity index (χ1) is 6.57. The predicted molar refractivity (Wildman–Crippen MR) is 60.9 cm³/mol. The molecule has 1 unspecified atom stereocenters. The first kappa shape index (κ1) is 11.7. The van der Waals surface area contributed by atoms with E-state index in [2.05, 4.69) is 22.9 Å². The Hall–Kier alpha value is -0.410. The summed E-state index contributed by atoms with van der Waals surface area (Å²) in [6, 6.07) is 3.29. The molecule has 78 valence electrons. The van der Waals surface area contributed by atoms with Gasteiger partial charge in [-0.05, 0) is 58.9 Å². The largest absolute Gasteiger partial charge is 0.330 e. The van der Waals surface area contributed by atoms with Gasteiger partial charge in [0.25, 0.3) is 0 Å². The van der Waals surface area contributed by atoms with Gasteiger partial charge in [0.05, 0.1) is 4.47 Å². The van der Waals surface area contributed by atoms with E-state index in [4.69, 9.17) is 5.73 Å². The van der Waals surface area contributed by atoms with Crippen LogP contribution in [0.1, 0.15) is 30.4 Å². The molecule has 0 radical (unpaired) electrons. The third kappa shape index (κ3) is 2.34. The van der Waals surface area contributed by atoms with Gasteiger partial charge in [0, 0.05) is 0 Å². The monoisotopic (exact) mass is 259 g/mol. The maximum atomic E-state index is 13.3. The Morgan fingerprint density at radius 1 is 1.50 bits per heavy atom. The van der Waals surface area contributed by atoms with Crippen molar-refractivity contribution in [2.45, 2.75) is 26.2 Å². The third-order valence-electron chi connectivity index (χ3n) is 2.44. The maximum Gasteiger partial charge on any atom is 0.137 e. The Balaban J connectivity index is 3.11. The van der Waals surface area contributed by atoms with Crippen LogP contribution >= 0.6 is 15.9 Å². The van der Waals surface area contributed by atoms with Gasteiger partial charge in [0.1, 0.15) is 5.82 Å². The maximum absolute atomic E-state index is 13.3. The van der Waals surface area contributed by atoms with Crippen LogP contribution in [0.2, 0.25) is 0 Å². The fourth-order valence-electron chi connectivity index (χ4n) is 1.66. The number of aryl methyl sites for hydroxylation is 1. The molecule has 0 fully saturated rings. The van der Waals surface area contributed by atoms with Crippen molar-refractivity contribution < 1.29 is 4.39 Å². The number of hydrogen-bond donors (Lipinski definition) is 1. The van der Waals surface area contributed by atoms with Crippen LogP contribution in [-0.4, -0.2) is 6.54 Å². The van der Waals surface area contributed by atoms with E-state index in [-0.39, 0.29) is 5.82 Å². The van der Waals surface area contributed by atoms with Crippen LogP contribution in [0.3, 0.4) is 0 Å². The van der Waals surface area contributed by atoms with Crippen molar-refractivity contribution >= 4 is 15.9 Å². The zero-order valence-electron chi connectivity index (χ0n) is 8.48. The topological polar surface area (TPSA) is 26.0 Å². The number of rotatable bonds is 3. The molecule has 1 aromatic carbocycles. The molecule has 0 aliphatic carbocycles. The van der Waals surface area contributed by atoms with Gasteiger partial charge in [0.2, 0.25) is 0 Å². The summed E-state index contributed by atoms with van der Waals surface area (Å²) in [5, 5.41) is 0. The normalized spacial score (nSPS) is 12.9. The van der Waals surface area contributed by atoms with Gasteiger partial charge in [0.15, 0.2) is 0 Å². The molecule has 0 bridgehead atoms. The van der Waals surface area contributed by atoms with Gasteiger partial charge >= 0.3 is 0 Å². The molecular formula is C11H15BrFN. The predicted octanol–water partition coefficient (Wildman–Crippen LogP) is 3.35. The minimum Gasteiger partial charge on any atom is -0.330 e. The summed E-state index contributed by atoms with van der Waals surface area (Å²) in [5.74, 6) is 0.0968. The zero-order chi connectivity index (χ0) is 10.7. The molecule has 1 nitrogen and oxygen atoms in total. The Morgan fingerprint density at radius 2 is 2.14 bits per heavy atom. The molecule has 0 spiro atoms. The van der Waals surface area contributed by atoms with Crippen molar-refractivity contribution in [1.82, 2.24) is 0 Å². The van der Waals surface area contributed by atoms with E-state index in [9.17, 15) is 4.39 Å². The van der Waals surface area contributed by atoms with E-state index in [1.54, 1.807) is 0 Å². The molecule has 0 aromatic heterocycles. The van der Waals surface area contributed by atoms with Gasteiger partial charge in [-0.3, -0.25) is 0 Å². The summed E-state index contributed by atoms with van der Waals surface area (Å²) in [4.78, 5) is 0. The summed E-state index contributed by atoms with van der Waals surface area (Å²) in [5.41, 5.74) is 7.64. The number of benzene rings is 1. The molecule has 3 heteroatoms. The van der Waals surface area contributed by atoms with Crippen LogP contribution < -0.4 is 5.73 Å². The van der Waals surface area contributed by atoms with E-state index >= 15 is 0 Å². The highest BCUT2D eigenvalue weighted by atomic mass is 79.9. The number of nitrogens with two attached hydrogens (primary N) is 1. The summed E-state index contributed by atoms with van der Waals surface area (Å²) < 4.78 is 13.9. The van der Waals surface area contributed by atoms with Crippen LogP contribution in [0.25, 0.3) is 0 Å². The smallest absolute Gasteiger partial charge is 0.137 e. The van der Waals surface area contributed by atoms with Crippen LogP contribution in [0.15, 0.2) is 16.6 Å². The zero-order valence-corrected chi connectivity index (χ0v) is 10.1. The van der Waals surface area contributed by atoms with Crippen molar-refractivity contribution in [3.63, 3.8) is 0 Å². The van der Waals surface area contributed by atoms with Crippen LogP contribution in [0.5, 0.6) is 0 Å². The molecule has 0 heterocycles. The molecular weight excluding hydrogens is 245 g/mol. The lowest BCUT2D eigenvalue weighted by Gasteiger charge is -2.16. The minimum absolute atomic E-state index is 0.200. The summed E-state index contributed by atoms with van der Waals surface area (Å²) in [7, 11) is 0. The Kier molecular flexibility index (Phi) is 4.08. The van der Waals surface area contributed by atoms with Gasteiger partial charge in [-0.1, -0.05) is 13.0 Å². The molecule has 2 N–H and O–H groups in total. The molecule has 1 atom stereocenters. The highest BCUT2D eigenvalue weighted by Gasteiger charge is 2.14. The first-order valence-corrected chi connectivity index (χ1v) is 5.51. The molecule has 0 amide bonds. The fraction of sp³-hybridized carbons (Fsp3) is 0.455. The third-order valence-corrected chi connectivity index (χ3v) is 3.25. The van der Waals surface area contributed by atoms with Gasteiger partial charge in [-0.25, -0.2) is 4.39 Å². The van der Waals surface area contributed by atoms with Crippen molar-refractivity contribution in [3.05, 3.63) is 33.5 Å². The lowest BCUT2D eigenvalue weighted by molar-refractivity contribution is 0.606. The van der Waals surface area contributed by atoms with Crippen LogP contribution in [0.4, 0.5) is 4.39 Å². The molecule has 14 heavy (non-hydrogen) atoms. The Bertz CT molecular complexity index is 325. The minimum atomic E-state index is -0.200. The Labute approximate surface area is 92.6 Å². The highest BCUT2D eigenvalue weighted by molar-refractivity contribution is 9.10. The molecule has 1 aromatic rings. The second-order valence-corrected chi connectivity index (χ2v) is 4.36. The van der Waals surface area contributed by atoms with E-state index < -0.39 is 0 Å². The molecule has 1 rings (SSSR count). The van der Waals surface area contributed by atoms with E-state index in [1.165, 1.54) is 6.07 Å². The van der Waals surface area contributed by atoms with E-state index in [1.807, 2.05) is 13.0 Å². The lowest BCUT2D eigenvalue weighted by atomic mass is 9.94. The quantitative estimate of drug-likeness (QED) is 0.886. The second kappa shape index (κ2) is 4.89. The van der Waals surface area contributed by atoms with E-state index in [0.717, 1.165) is 17.5 Å². The van der Waals surface area contributed by atoms with Gasteiger partial charge < -0.3 is 5.73 Å². The van der Waals surface area contributed by atoms with Crippen molar-refractivity contribution in [2.75, 3.05) is 6.54 Å². The summed E-state index contributed by atoms with van der Waals surface area (Å²) in [6.45, 7) is 4.69. The van der Waals surface area contributed by atoms with Gasteiger partial charge in [-0.15, -0.1) is 0 Å². The van der Waals surface area contributed by atoms with Crippen molar-refractivity contribution in [2.24, 2.45) is 5.73 Å².